The van der Waals surface area contributed by atoms with Crippen molar-refractivity contribution in [2.75, 3.05) is 7.11 Å². The predicted molar refractivity (Wildman–Crippen MR) is 139 cm³/mol. The first-order valence-electron chi connectivity index (χ1n) is 12.0. The Kier molecular flexibility index (Phi) is 8.06. The zero-order chi connectivity index (χ0) is 25.7. The maximum absolute atomic E-state index is 13.5. The quantitative estimate of drug-likeness (QED) is 0.106. The molecule has 7 heteroatoms. The number of benzene rings is 2. The Balaban J connectivity index is 2.26. The average molecular weight is 491 g/mol. The Morgan fingerprint density at radius 1 is 1.03 bits per heavy atom. The minimum atomic E-state index is -3.02. The summed E-state index contributed by atoms with van der Waals surface area (Å²) in [6.45, 7) is 8.28. The van der Waals surface area contributed by atoms with Crippen LogP contribution in [0.3, 0.4) is 0 Å². The number of ketones is 1. The third-order valence-corrected chi connectivity index (χ3v) is 12.0. The first-order valence-corrected chi connectivity index (χ1v) is 13.9. The molecule has 1 aliphatic carbocycles. The summed E-state index contributed by atoms with van der Waals surface area (Å²) in [5, 5.41) is 1.90. The van der Waals surface area contributed by atoms with E-state index in [2.05, 4.69) is 54.6 Å². The van der Waals surface area contributed by atoms with E-state index >= 15 is 0 Å². The van der Waals surface area contributed by atoms with Crippen molar-refractivity contribution >= 4 is 36.2 Å². The van der Waals surface area contributed by atoms with Crippen molar-refractivity contribution in [1.82, 2.24) is 0 Å². The number of allylic oxidation sites excluding steroid dienone is 1. The van der Waals surface area contributed by atoms with Crippen LogP contribution in [-0.2, 0) is 18.8 Å². The molecule has 0 fully saturated rings. The lowest BCUT2D eigenvalue weighted by molar-refractivity contribution is -0.141. The highest BCUT2D eigenvalue weighted by atomic mass is 28.4. The van der Waals surface area contributed by atoms with Gasteiger partial charge in [-0.1, -0.05) is 101 Å². The molecule has 6 nitrogen and oxygen atoms in total. The maximum Gasteiger partial charge on any atom is 0.441 e. The molecule has 35 heavy (non-hydrogen) atoms. The number of hydrogen-bond acceptors (Lipinski definition) is 4. The van der Waals surface area contributed by atoms with E-state index in [4.69, 9.17) is 4.43 Å². The van der Waals surface area contributed by atoms with Gasteiger partial charge in [-0.15, -0.1) is 0 Å². The highest BCUT2D eigenvalue weighted by molar-refractivity contribution is 6.99. The van der Waals surface area contributed by atoms with E-state index in [1.165, 1.54) is 0 Å². The molecule has 184 valence electrons. The Bertz CT molecular complexity index is 1100. The summed E-state index contributed by atoms with van der Waals surface area (Å²) in [5.41, 5.74) is 7.85. The molecule has 0 unspecified atom stereocenters. The average Bonchev–Trinajstić information content (AvgIpc) is 2.87. The van der Waals surface area contributed by atoms with Crippen molar-refractivity contribution < 1.29 is 23.5 Å². The van der Waals surface area contributed by atoms with Crippen molar-refractivity contribution in [2.24, 2.45) is 5.92 Å². The van der Waals surface area contributed by atoms with Gasteiger partial charge >= 0.3 is 11.7 Å². The van der Waals surface area contributed by atoms with Gasteiger partial charge in [0.05, 0.1) is 18.6 Å². The molecule has 0 heterocycles. The van der Waals surface area contributed by atoms with Crippen molar-refractivity contribution in [3.8, 4) is 0 Å². The van der Waals surface area contributed by atoms with E-state index in [1.54, 1.807) is 6.92 Å². The van der Waals surface area contributed by atoms with E-state index in [9.17, 15) is 15.1 Å². The van der Waals surface area contributed by atoms with Gasteiger partial charge in [-0.3, -0.25) is 4.79 Å². The SMILES string of the molecule is COC(=O)C(=[N+]=[N-])C(=O)[C@@H](C)[C@]1(O[Si](c2ccccc2)(c2ccccc2)C(C)(C)C)C=CCCC1. The molecule has 0 bridgehead atoms. The molecule has 0 amide bonds. The molecular formula is C28H34N2O4Si. The molecule has 3 rings (SSSR count). The van der Waals surface area contributed by atoms with E-state index < -0.39 is 37.3 Å². The van der Waals surface area contributed by atoms with Crippen LogP contribution in [0, 0.1) is 5.92 Å². The highest BCUT2D eigenvalue weighted by Gasteiger charge is 2.57. The lowest BCUT2D eigenvalue weighted by atomic mass is 9.78. The largest absolute Gasteiger partial charge is 0.460 e. The van der Waals surface area contributed by atoms with Crippen LogP contribution in [0.15, 0.2) is 72.8 Å². The minimum Gasteiger partial charge on any atom is -0.460 e. The van der Waals surface area contributed by atoms with Gasteiger partial charge in [-0.25, -0.2) is 4.79 Å². The molecule has 0 aliphatic heterocycles. The molecule has 0 N–H and O–H groups in total. The standard InChI is InChI=1S/C28H34N2O4Si/c1-21(25(31)24(30-29)26(32)33-5)28(19-13-8-14-20-28)34-35(27(2,3)4,22-15-9-6-10-16-22)23-17-11-7-12-18-23/h6-7,9-13,15-19,21H,8,14,20H2,1-5H3/t21-,28+/m1/s1. The smallest absolute Gasteiger partial charge is 0.441 e. The van der Waals surface area contributed by atoms with Crippen LogP contribution < -0.4 is 10.4 Å². The van der Waals surface area contributed by atoms with Crippen molar-refractivity contribution in [2.45, 2.75) is 57.6 Å². The molecule has 2 aromatic carbocycles. The number of carbonyl (C=O) groups excluding carboxylic acids is 2. The van der Waals surface area contributed by atoms with Crippen LogP contribution >= 0.6 is 0 Å². The van der Waals surface area contributed by atoms with Gasteiger partial charge in [0.1, 0.15) is 0 Å². The van der Waals surface area contributed by atoms with Crippen molar-refractivity contribution in [3.63, 3.8) is 0 Å². The van der Waals surface area contributed by atoms with E-state index in [1.807, 2.05) is 48.6 Å². The second-order valence-corrected chi connectivity index (χ2v) is 14.3. The Morgan fingerprint density at radius 2 is 1.57 bits per heavy atom. The molecule has 0 saturated heterocycles. The Labute approximate surface area is 208 Å². The normalized spacial score (nSPS) is 18.9. The summed E-state index contributed by atoms with van der Waals surface area (Å²) in [6.07, 6.45) is 6.32. The number of carbonyl (C=O) groups is 2. The van der Waals surface area contributed by atoms with Crippen LogP contribution in [0.2, 0.25) is 5.04 Å². The lowest BCUT2D eigenvalue weighted by Gasteiger charge is -2.51. The fraction of sp³-hybridized carbons (Fsp3) is 0.393. The second-order valence-electron chi connectivity index (χ2n) is 10.0. The summed E-state index contributed by atoms with van der Waals surface area (Å²) in [5.74, 6) is -2.36. The topological polar surface area (TPSA) is 89.0 Å². The summed E-state index contributed by atoms with van der Waals surface area (Å²) >= 11 is 0. The van der Waals surface area contributed by atoms with E-state index in [0.717, 1.165) is 30.3 Å². The number of esters is 1. The molecule has 1 aliphatic rings. The number of nitrogens with zero attached hydrogens (tertiary/aromatic N) is 2. The second kappa shape index (κ2) is 10.6. The Morgan fingerprint density at radius 3 is 1.97 bits per heavy atom. The number of ether oxygens (including phenoxy) is 1. The maximum atomic E-state index is 13.5. The van der Waals surface area contributed by atoms with Crippen molar-refractivity contribution in [3.05, 3.63) is 78.3 Å². The van der Waals surface area contributed by atoms with Gasteiger partial charge in [0.2, 0.25) is 0 Å². The van der Waals surface area contributed by atoms with Crippen LogP contribution in [0.25, 0.3) is 5.53 Å². The fourth-order valence-corrected chi connectivity index (χ4v) is 9.89. The minimum absolute atomic E-state index is 0.299. The molecule has 0 saturated carbocycles. The third kappa shape index (κ3) is 4.98. The molecule has 0 spiro atoms. The van der Waals surface area contributed by atoms with Gasteiger partial charge < -0.3 is 14.7 Å². The first-order chi connectivity index (χ1) is 16.6. The van der Waals surface area contributed by atoms with Gasteiger partial charge in [0.25, 0.3) is 14.1 Å². The number of hydrogen-bond donors (Lipinski definition) is 0. The summed E-state index contributed by atoms with van der Waals surface area (Å²) in [6, 6.07) is 20.4. The zero-order valence-corrected chi connectivity index (χ0v) is 22.2. The van der Waals surface area contributed by atoms with Gasteiger partial charge in [0, 0.05) is 0 Å². The van der Waals surface area contributed by atoms with E-state index in [-0.39, 0.29) is 5.04 Å². The van der Waals surface area contributed by atoms with Crippen LogP contribution in [0.5, 0.6) is 0 Å². The highest BCUT2D eigenvalue weighted by Crippen LogP contribution is 2.44. The first kappa shape index (κ1) is 26.5. The molecular weight excluding hydrogens is 456 g/mol. The fourth-order valence-electron chi connectivity index (χ4n) is 5.05. The number of methoxy groups -OCH3 is 1. The molecule has 2 atom stereocenters. The molecule has 0 radical (unpaired) electrons. The van der Waals surface area contributed by atoms with Gasteiger partial charge in [-0.2, -0.15) is 4.79 Å². The summed E-state index contributed by atoms with van der Waals surface area (Å²) in [7, 11) is -1.87. The third-order valence-electron chi connectivity index (χ3n) is 6.94. The monoisotopic (exact) mass is 490 g/mol. The summed E-state index contributed by atoms with van der Waals surface area (Å²) in [4.78, 5) is 28.7. The lowest BCUT2D eigenvalue weighted by Crippen LogP contribution is -2.70. The van der Waals surface area contributed by atoms with Gasteiger partial charge in [-0.05, 0) is 34.7 Å². The Hall–Kier alpha value is -3.12. The zero-order valence-electron chi connectivity index (χ0n) is 21.2. The van der Waals surface area contributed by atoms with E-state index in [0.29, 0.717) is 6.42 Å². The van der Waals surface area contributed by atoms with Crippen LogP contribution in [0.4, 0.5) is 0 Å². The van der Waals surface area contributed by atoms with Crippen LogP contribution in [0.1, 0.15) is 47.0 Å². The van der Waals surface area contributed by atoms with Gasteiger partial charge in [0.15, 0.2) is 0 Å². The molecule has 0 aromatic heterocycles. The van der Waals surface area contributed by atoms with Crippen molar-refractivity contribution in [1.29, 1.82) is 0 Å². The predicted octanol–water partition coefficient (Wildman–Crippen LogP) is 4.09. The van der Waals surface area contributed by atoms with Crippen LogP contribution in [-0.4, -0.2) is 43.3 Å². The molecule has 2 aromatic rings. The number of rotatable bonds is 8. The number of Topliss-reactive ketones (excluding diaryl/α,β-unsaturated/α-hetero) is 1. The summed E-state index contributed by atoms with van der Waals surface area (Å²) < 4.78 is 12.1.